The lowest BCUT2D eigenvalue weighted by Gasteiger charge is -2.34. The minimum Gasteiger partial charge on any atom is -0.459 e. The number of ether oxygens (including phenoxy) is 2. The second kappa shape index (κ2) is 6.88. The lowest BCUT2D eigenvalue weighted by Crippen LogP contribution is -2.49. The van der Waals surface area contributed by atoms with Crippen LogP contribution >= 0.6 is 0 Å². The predicted octanol–water partition coefficient (Wildman–Crippen LogP) is 2.43. The number of anilines is 1. The van der Waals surface area contributed by atoms with E-state index in [-0.39, 0.29) is 12.7 Å². The maximum atomic E-state index is 12.4. The summed E-state index contributed by atoms with van der Waals surface area (Å²) in [6.07, 6.45) is 3.27. The standard InChI is InChI=1S/C20H18N4O4/c25-19(17-2-1-11-26-17)23-7-9-24(10-8-23)20-21-6-5-15(22-20)14-3-4-16-18(12-14)28-13-27-16/h1-6,11-12H,7-10,13H2. The normalized spacial score (nSPS) is 15.7. The van der Waals surface area contributed by atoms with E-state index in [2.05, 4.69) is 9.88 Å². The molecule has 5 rings (SSSR count). The fraction of sp³-hybridized carbons (Fsp3) is 0.250. The summed E-state index contributed by atoms with van der Waals surface area (Å²) in [5, 5.41) is 0. The number of carbonyl (C=O) groups is 1. The minimum atomic E-state index is -0.0836. The number of benzene rings is 1. The lowest BCUT2D eigenvalue weighted by molar-refractivity contribution is 0.0714. The summed E-state index contributed by atoms with van der Waals surface area (Å²) in [5.41, 5.74) is 1.76. The SMILES string of the molecule is O=C(c1ccco1)N1CCN(c2nccc(-c3ccc4c(c3)OCO4)n2)CC1. The highest BCUT2D eigenvalue weighted by Crippen LogP contribution is 2.35. The van der Waals surface area contributed by atoms with Crippen molar-refractivity contribution in [3.63, 3.8) is 0 Å². The molecule has 2 aliphatic rings. The van der Waals surface area contributed by atoms with E-state index in [1.165, 1.54) is 6.26 Å². The molecule has 0 bridgehead atoms. The van der Waals surface area contributed by atoms with Gasteiger partial charge in [0.05, 0.1) is 12.0 Å². The van der Waals surface area contributed by atoms with Crippen LogP contribution in [0.15, 0.2) is 53.3 Å². The average molecular weight is 378 g/mol. The Morgan fingerprint density at radius 1 is 1.00 bits per heavy atom. The first-order valence-electron chi connectivity index (χ1n) is 9.09. The van der Waals surface area contributed by atoms with Crippen molar-refractivity contribution in [2.24, 2.45) is 0 Å². The molecule has 0 saturated carbocycles. The first kappa shape index (κ1) is 16.6. The zero-order valence-electron chi connectivity index (χ0n) is 15.1. The van der Waals surface area contributed by atoms with Crippen molar-refractivity contribution in [1.82, 2.24) is 14.9 Å². The number of aromatic nitrogens is 2. The Morgan fingerprint density at radius 3 is 2.68 bits per heavy atom. The first-order valence-corrected chi connectivity index (χ1v) is 9.09. The van der Waals surface area contributed by atoms with Crippen LogP contribution in [0, 0.1) is 0 Å². The highest BCUT2D eigenvalue weighted by Gasteiger charge is 2.25. The van der Waals surface area contributed by atoms with Crippen molar-refractivity contribution < 1.29 is 18.7 Å². The largest absolute Gasteiger partial charge is 0.459 e. The molecule has 0 atom stereocenters. The van der Waals surface area contributed by atoms with Gasteiger partial charge in [0.25, 0.3) is 5.91 Å². The Labute approximate surface area is 161 Å². The smallest absolute Gasteiger partial charge is 0.289 e. The summed E-state index contributed by atoms with van der Waals surface area (Å²) in [5.74, 6) is 2.41. The summed E-state index contributed by atoms with van der Waals surface area (Å²) in [6.45, 7) is 2.76. The Bertz CT molecular complexity index is 997. The number of nitrogens with zero attached hydrogens (tertiary/aromatic N) is 4. The van der Waals surface area contributed by atoms with Crippen molar-refractivity contribution in [2.75, 3.05) is 37.9 Å². The molecule has 3 aromatic rings. The lowest BCUT2D eigenvalue weighted by atomic mass is 10.1. The molecule has 142 valence electrons. The summed E-state index contributed by atoms with van der Waals surface area (Å²) < 4.78 is 16.0. The number of hydrogen-bond acceptors (Lipinski definition) is 7. The molecule has 1 amide bonds. The summed E-state index contributed by atoms with van der Waals surface area (Å²) >= 11 is 0. The molecule has 0 radical (unpaired) electrons. The molecular formula is C20H18N4O4. The number of fused-ring (bicyclic) bond motifs is 1. The van der Waals surface area contributed by atoms with E-state index in [0.29, 0.717) is 37.9 Å². The molecule has 28 heavy (non-hydrogen) atoms. The molecule has 0 aliphatic carbocycles. The van der Waals surface area contributed by atoms with Gasteiger partial charge in [-0.25, -0.2) is 9.97 Å². The van der Waals surface area contributed by atoms with Crippen LogP contribution in [-0.2, 0) is 0 Å². The van der Waals surface area contributed by atoms with Crippen LogP contribution in [0.25, 0.3) is 11.3 Å². The van der Waals surface area contributed by atoms with E-state index in [9.17, 15) is 4.79 Å². The van der Waals surface area contributed by atoms with Crippen molar-refractivity contribution in [1.29, 1.82) is 0 Å². The molecule has 2 aliphatic heterocycles. The van der Waals surface area contributed by atoms with Crippen LogP contribution in [0.4, 0.5) is 5.95 Å². The Hall–Kier alpha value is -3.55. The van der Waals surface area contributed by atoms with Gasteiger partial charge in [0, 0.05) is 37.9 Å². The average Bonchev–Trinajstić information content (AvgIpc) is 3.45. The van der Waals surface area contributed by atoms with Gasteiger partial charge >= 0.3 is 0 Å². The molecule has 1 saturated heterocycles. The van der Waals surface area contributed by atoms with E-state index in [1.54, 1.807) is 23.2 Å². The van der Waals surface area contributed by atoms with Gasteiger partial charge in [-0.2, -0.15) is 0 Å². The summed E-state index contributed by atoms with van der Waals surface area (Å²) in [4.78, 5) is 25.4. The van der Waals surface area contributed by atoms with E-state index < -0.39 is 0 Å². The number of hydrogen-bond donors (Lipinski definition) is 0. The number of rotatable bonds is 3. The highest BCUT2D eigenvalue weighted by molar-refractivity contribution is 5.91. The Morgan fingerprint density at radius 2 is 1.86 bits per heavy atom. The number of furan rings is 1. The Kier molecular flexibility index (Phi) is 4.08. The summed E-state index contributed by atoms with van der Waals surface area (Å²) in [7, 11) is 0. The van der Waals surface area contributed by atoms with Gasteiger partial charge in [0.15, 0.2) is 17.3 Å². The monoisotopic (exact) mass is 378 g/mol. The van der Waals surface area contributed by atoms with Crippen molar-refractivity contribution in [2.45, 2.75) is 0 Å². The maximum absolute atomic E-state index is 12.4. The van der Waals surface area contributed by atoms with E-state index in [0.717, 1.165) is 22.8 Å². The zero-order valence-corrected chi connectivity index (χ0v) is 15.1. The molecule has 0 spiro atoms. The van der Waals surface area contributed by atoms with E-state index in [1.807, 2.05) is 24.3 Å². The molecular weight excluding hydrogens is 360 g/mol. The number of piperazine rings is 1. The molecule has 1 fully saturated rings. The molecule has 0 unspecified atom stereocenters. The highest BCUT2D eigenvalue weighted by atomic mass is 16.7. The van der Waals surface area contributed by atoms with Crippen LogP contribution < -0.4 is 14.4 Å². The van der Waals surface area contributed by atoms with Gasteiger partial charge < -0.3 is 23.7 Å². The Balaban J connectivity index is 1.30. The van der Waals surface area contributed by atoms with Crippen LogP contribution in [0.2, 0.25) is 0 Å². The van der Waals surface area contributed by atoms with Crippen LogP contribution in [0.3, 0.4) is 0 Å². The molecule has 0 N–H and O–H groups in total. The van der Waals surface area contributed by atoms with Gasteiger partial charge in [0.1, 0.15) is 0 Å². The van der Waals surface area contributed by atoms with Crippen LogP contribution in [0.5, 0.6) is 11.5 Å². The van der Waals surface area contributed by atoms with Gasteiger partial charge in [-0.15, -0.1) is 0 Å². The third kappa shape index (κ3) is 3.02. The van der Waals surface area contributed by atoms with Crippen LogP contribution in [-0.4, -0.2) is 53.7 Å². The van der Waals surface area contributed by atoms with Gasteiger partial charge in [-0.3, -0.25) is 4.79 Å². The molecule has 2 aromatic heterocycles. The van der Waals surface area contributed by atoms with Crippen molar-refractivity contribution in [3.8, 4) is 22.8 Å². The van der Waals surface area contributed by atoms with E-state index in [4.69, 9.17) is 18.9 Å². The maximum Gasteiger partial charge on any atom is 0.289 e. The van der Waals surface area contributed by atoms with Gasteiger partial charge in [-0.05, 0) is 36.4 Å². The second-order valence-corrected chi connectivity index (χ2v) is 6.57. The summed E-state index contributed by atoms with van der Waals surface area (Å²) in [6, 6.07) is 11.1. The zero-order chi connectivity index (χ0) is 18.9. The third-order valence-corrected chi connectivity index (χ3v) is 4.89. The van der Waals surface area contributed by atoms with Crippen LogP contribution in [0.1, 0.15) is 10.6 Å². The fourth-order valence-electron chi connectivity index (χ4n) is 3.38. The number of amides is 1. The van der Waals surface area contributed by atoms with Gasteiger partial charge in [-0.1, -0.05) is 0 Å². The van der Waals surface area contributed by atoms with Gasteiger partial charge in [0.2, 0.25) is 12.7 Å². The predicted molar refractivity (Wildman–Crippen MR) is 100 cm³/mol. The second-order valence-electron chi connectivity index (χ2n) is 6.57. The molecule has 4 heterocycles. The third-order valence-electron chi connectivity index (χ3n) is 4.89. The molecule has 8 nitrogen and oxygen atoms in total. The van der Waals surface area contributed by atoms with Crippen molar-refractivity contribution in [3.05, 3.63) is 54.6 Å². The fourth-order valence-corrected chi connectivity index (χ4v) is 3.38. The molecule has 8 heteroatoms. The van der Waals surface area contributed by atoms with E-state index >= 15 is 0 Å². The quantitative estimate of drug-likeness (QED) is 0.692. The minimum absolute atomic E-state index is 0.0836. The molecule has 1 aromatic carbocycles. The number of carbonyl (C=O) groups excluding carboxylic acids is 1. The first-order chi connectivity index (χ1) is 13.8. The topological polar surface area (TPSA) is 80.9 Å². The van der Waals surface area contributed by atoms with Crippen molar-refractivity contribution >= 4 is 11.9 Å².